The van der Waals surface area contributed by atoms with Crippen LogP contribution in [0.5, 0.6) is 0 Å². The van der Waals surface area contributed by atoms with E-state index in [9.17, 15) is 4.39 Å². The number of nitrogen functional groups attached to an aromatic ring is 1. The summed E-state index contributed by atoms with van der Waals surface area (Å²) in [6, 6.07) is 4.21. The van der Waals surface area contributed by atoms with Gasteiger partial charge in [-0.1, -0.05) is 0 Å². The lowest BCUT2D eigenvalue weighted by Gasteiger charge is -2.03. The third-order valence-corrected chi connectivity index (χ3v) is 2.38. The predicted molar refractivity (Wildman–Crippen MR) is 48.6 cm³/mol. The quantitative estimate of drug-likeness (QED) is 0.556. The molecule has 0 heterocycles. The minimum Gasteiger partial charge on any atom is -0.398 e. The molecule has 0 atom stereocenters. The SMILES string of the molecule is Nc1ccc(F)cc1SCCO. The number of rotatable bonds is 3. The van der Waals surface area contributed by atoms with Crippen LogP contribution >= 0.6 is 11.8 Å². The average Bonchev–Trinajstić information content (AvgIpc) is 2.07. The van der Waals surface area contributed by atoms with E-state index in [0.29, 0.717) is 16.3 Å². The minimum absolute atomic E-state index is 0.0701. The summed E-state index contributed by atoms with van der Waals surface area (Å²) >= 11 is 1.35. The molecule has 66 valence electrons. The predicted octanol–water partition coefficient (Wildman–Crippen LogP) is 1.49. The molecule has 12 heavy (non-hydrogen) atoms. The van der Waals surface area contributed by atoms with Crippen molar-refractivity contribution in [3.63, 3.8) is 0 Å². The van der Waals surface area contributed by atoms with Crippen molar-refractivity contribution in [3.8, 4) is 0 Å². The van der Waals surface area contributed by atoms with Gasteiger partial charge in [0, 0.05) is 16.3 Å². The Kier molecular flexibility index (Phi) is 3.37. The van der Waals surface area contributed by atoms with Crippen LogP contribution in [0.15, 0.2) is 23.1 Å². The summed E-state index contributed by atoms with van der Waals surface area (Å²) in [7, 11) is 0. The smallest absolute Gasteiger partial charge is 0.124 e. The molecule has 4 heteroatoms. The fourth-order valence-corrected chi connectivity index (χ4v) is 1.53. The zero-order valence-corrected chi connectivity index (χ0v) is 7.27. The highest BCUT2D eigenvalue weighted by Crippen LogP contribution is 2.24. The van der Waals surface area contributed by atoms with Crippen molar-refractivity contribution in [2.75, 3.05) is 18.1 Å². The molecule has 0 radical (unpaired) electrons. The number of aliphatic hydroxyl groups excluding tert-OH is 1. The molecule has 0 unspecified atom stereocenters. The molecule has 1 aromatic rings. The minimum atomic E-state index is -0.301. The van der Waals surface area contributed by atoms with Crippen molar-refractivity contribution < 1.29 is 9.50 Å². The van der Waals surface area contributed by atoms with Gasteiger partial charge in [-0.2, -0.15) is 0 Å². The van der Waals surface area contributed by atoms with Gasteiger partial charge in [0.1, 0.15) is 5.82 Å². The molecule has 1 rings (SSSR count). The lowest BCUT2D eigenvalue weighted by atomic mass is 10.3. The van der Waals surface area contributed by atoms with Crippen LogP contribution in [0, 0.1) is 5.82 Å². The Balaban J connectivity index is 2.75. The zero-order valence-electron chi connectivity index (χ0n) is 6.46. The van der Waals surface area contributed by atoms with E-state index in [4.69, 9.17) is 10.8 Å². The van der Waals surface area contributed by atoms with E-state index in [-0.39, 0.29) is 12.4 Å². The molecule has 3 N–H and O–H groups in total. The summed E-state index contributed by atoms with van der Waals surface area (Å²) in [6.45, 7) is 0.0701. The van der Waals surface area contributed by atoms with Gasteiger partial charge in [0.25, 0.3) is 0 Å². The van der Waals surface area contributed by atoms with E-state index in [0.717, 1.165) is 0 Å². The van der Waals surface area contributed by atoms with E-state index in [2.05, 4.69) is 0 Å². The second-order valence-electron chi connectivity index (χ2n) is 2.25. The van der Waals surface area contributed by atoms with Gasteiger partial charge in [-0.05, 0) is 18.2 Å². The first-order valence-electron chi connectivity index (χ1n) is 3.52. The van der Waals surface area contributed by atoms with Crippen LogP contribution in [-0.2, 0) is 0 Å². The van der Waals surface area contributed by atoms with Crippen LogP contribution in [0.1, 0.15) is 0 Å². The van der Waals surface area contributed by atoms with Crippen LogP contribution < -0.4 is 5.73 Å². The molecule has 0 saturated carbocycles. The van der Waals surface area contributed by atoms with E-state index in [1.807, 2.05) is 0 Å². The highest BCUT2D eigenvalue weighted by molar-refractivity contribution is 7.99. The van der Waals surface area contributed by atoms with Gasteiger partial charge >= 0.3 is 0 Å². The molecule has 0 amide bonds. The van der Waals surface area contributed by atoms with Gasteiger partial charge in [-0.3, -0.25) is 0 Å². The van der Waals surface area contributed by atoms with Crippen molar-refractivity contribution in [2.24, 2.45) is 0 Å². The fraction of sp³-hybridized carbons (Fsp3) is 0.250. The summed E-state index contributed by atoms with van der Waals surface area (Å²) in [4.78, 5) is 0.684. The Labute approximate surface area is 74.6 Å². The maximum atomic E-state index is 12.6. The Hall–Kier alpha value is -0.740. The standard InChI is InChI=1S/C8H10FNOS/c9-6-1-2-7(10)8(5-6)12-4-3-11/h1-2,5,11H,3-4,10H2. The molecule has 0 aliphatic heterocycles. The monoisotopic (exact) mass is 187 g/mol. The van der Waals surface area contributed by atoms with Gasteiger partial charge in [0.15, 0.2) is 0 Å². The molecule has 0 saturated heterocycles. The van der Waals surface area contributed by atoms with Gasteiger partial charge in [0.2, 0.25) is 0 Å². The molecule has 1 aromatic carbocycles. The largest absolute Gasteiger partial charge is 0.398 e. The van der Waals surface area contributed by atoms with Crippen LogP contribution in [0.2, 0.25) is 0 Å². The number of anilines is 1. The van der Waals surface area contributed by atoms with Gasteiger partial charge in [-0.25, -0.2) is 4.39 Å². The first kappa shape index (κ1) is 9.35. The summed E-state index contributed by atoms with van der Waals surface area (Å²) in [5.41, 5.74) is 6.11. The summed E-state index contributed by atoms with van der Waals surface area (Å²) in [5, 5.41) is 8.53. The summed E-state index contributed by atoms with van der Waals surface area (Å²) in [6.07, 6.45) is 0. The number of aliphatic hydroxyl groups is 1. The summed E-state index contributed by atoms with van der Waals surface area (Å²) in [5.74, 6) is 0.234. The Morgan fingerprint density at radius 2 is 2.25 bits per heavy atom. The molecule has 0 aliphatic rings. The van der Waals surface area contributed by atoms with Crippen molar-refractivity contribution in [1.29, 1.82) is 0 Å². The number of benzene rings is 1. The Bertz CT molecular complexity index is 267. The maximum Gasteiger partial charge on any atom is 0.124 e. The Morgan fingerprint density at radius 3 is 2.92 bits per heavy atom. The number of thioether (sulfide) groups is 1. The third-order valence-electron chi connectivity index (χ3n) is 1.32. The second kappa shape index (κ2) is 4.33. The van der Waals surface area contributed by atoms with Crippen molar-refractivity contribution in [2.45, 2.75) is 4.90 Å². The van der Waals surface area contributed by atoms with Crippen molar-refractivity contribution in [3.05, 3.63) is 24.0 Å². The molecule has 0 fully saturated rings. The van der Waals surface area contributed by atoms with Crippen LogP contribution in [0.4, 0.5) is 10.1 Å². The topological polar surface area (TPSA) is 46.2 Å². The molecule has 0 aliphatic carbocycles. The third kappa shape index (κ3) is 2.39. The van der Waals surface area contributed by atoms with Gasteiger partial charge in [-0.15, -0.1) is 11.8 Å². The van der Waals surface area contributed by atoms with Gasteiger partial charge < -0.3 is 10.8 Å². The van der Waals surface area contributed by atoms with E-state index in [1.165, 1.54) is 30.0 Å². The number of hydrogen-bond donors (Lipinski definition) is 2. The number of halogens is 1. The van der Waals surface area contributed by atoms with Crippen molar-refractivity contribution >= 4 is 17.4 Å². The first-order chi connectivity index (χ1) is 5.74. The fourth-order valence-electron chi connectivity index (χ4n) is 0.789. The van der Waals surface area contributed by atoms with E-state index >= 15 is 0 Å². The number of nitrogens with two attached hydrogens (primary N) is 1. The van der Waals surface area contributed by atoms with Crippen molar-refractivity contribution in [1.82, 2.24) is 0 Å². The average molecular weight is 187 g/mol. The van der Waals surface area contributed by atoms with E-state index in [1.54, 1.807) is 0 Å². The normalized spacial score (nSPS) is 10.2. The summed E-state index contributed by atoms with van der Waals surface area (Å²) < 4.78 is 12.6. The highest BCUT2D eigenvalue weighted by atomic mass is 32.2. The molecular formula is C8H10FNOS. The zero-order chi connectivity index (χ0) is 8.97. The number of hydrogen-bond acceptors (Lipinski definition) is 3. The molecule has 0 aromatic heterocycles. The lowest BCUT2D eigenvalue weighted by molar-refractivity contribution is 0.322. The van der Waals surface area contributed by atoms with Crippen LogP contribution in [0.25, 0.3) is 0 Å². The highest BCUT2D eigenvalue weighted by Gasteiger charge is 2.00. The maximum absolute atomic E-state index is 12.6. The molecule has 0 spiro atoms. The van der Waals surface area contributed by atoms with Crippen LogP contribution in [-0.4, -0.2) is 17.5 Å². The second-order valence-corrected chi connectivity index (χ2v) is 3.39. The molecule has 0 bridgehead atoms. The van der Waals surface area contributed by atoms with Crippen LogP contribution in [0.3, 0.4) is 0 Å². The lowest BCUT2D eigenvalue weighted by Crippen LogP contribution is -1.92. The Morgan fingerprint density at radius 1 is 1.50 bits per heavy atom. The first-order valence-corrected chi connectivity index (χ1v) is 4.51. The molecular weight excluding hydrogens is 177 g/mol. The van der Waals surface area contributed by atoms with E-state index < -0.39 is 0 Å². The molecule has 2 nitrogen and oxygen atoms in total. The van der Waals surface area contributed by atoms with Gasteiger partial charge in [0.05, 0.1) is 6.61 Å².